The van der Waals surface area contributed by atoms with E-state index >= 15 is 0 Å². The number of hydrogen-bond donors (Lipinski definition) is 1. The summed E-state index contributed by atoms with van der Waals surface area (Å²) in [5.41, 5.74) is 4.58. The molecule has 240 valence electrons. The molecule has 4 aromatic rings. The fourth-order valence-electron chi connectivity index (χ4n) is 7.27. The number of carbonyl (C=O) groups is 4. The number of piperazine rings is 1. The van der Waals surface area contributed by atoms with Crippen molar-refractivity contribution < 1.29 is 19.2 Å². The Balaban J connectivity index is 1.07. The number of benzene rings is 2. The van der Waals surface area contributed by atoms with E-state index in [-0.39, 0.29) is 30.0 Å². The number of nitrogens with one attached hydrogen (secondary N) is 1. The molecular weight excluding hydrogens is 600 g/mol. The topological polar surface area (TPSA) is 151 Å². The highest BCUT2D eigenvalue weighted by molar-refractivity contribution is 6.23. The Morgan fingerprint density at radius 1 is 0.872 bits per heavy atom. The minimum absolute atomic E-state index is 0.0832. The molecule has 2 aromatic heterocycles. The number of imide groups is 2. The van der Waals surface area contributed by atoms with Gasteiger partial charge in [0.15, 0.2) is 5.82 Å². The third kappa shape index (κ3) is 4.90. The van der Waals surface area contributed by atoms with Gasteiger partial charge in [0, 0.05) is 57.1 Å². The Morgan fingerprint density at radius 3 is 2.38 bits per heavy atom. The van der Waals surface area contributed by atoms with Crippen molar-refractivity contribution in [3.8, 4) is 11.3 Å². The fourth-order valence-corrected chi connectivity index (χ4v) is 7.27. The van der Waals surface area contributed by atoms with Gasteiger partial charge in [0.05, 0.1) is 28.9 Å². The van der Waals surface area contributed by atoms with Gasteiger partial charge in [-0.1, -0.05) is 24.3 Å². The molecule has 3 aliphatic heterocycles. The second-order valence-electron chi connectivity index (χ2n) is 12.6. The molecule has 4 aliphatic rings. The molecule has 2 atom stereocenters. The van der Waals surface area contributed by atoms with Crippen molar-refractivity contribution in [3.63, 3.8) is 0 Å². The molecule has 0 bridgehead atoms. The lowest BCUT2D eigenvalue weighted by molar-refractivity contribution is -0.136. The van der Waals surface area contributed by atoms with E-state index in [9.17, 15) is 19.2 Å². The number of carbonyl (C=O) groups excluding carboxylic acids is 4. The monoisotopic (exact) mass is 634 g/mol. The smallest absolute Gasteiger partial charge is 0.262 e. The summed E-state index contributed by atoms with van der Waals surface area (Å²) in [7, 11) is 1.94. The van der Waals surface area contributed by atoms with E-state index in [2.05, 4.69) is 53.9 Å². The Morgan fingerprint density at radius 2 is 1.66 bits per heavy atom. The van der Waals surface area contributed by atoms with Crippen LogP contribution in [0, 0.1) is 0 Å². The maximum absolute atomic E-state index is 13.5. The summed E-state index contributed by atoms with van der Waals surface area (Å²) in [6.07, 6.45) is 5.29. The summed E-state index contributed by atoms with van der Waals surface area (Å²) in [6, 6.07) is 14.8. The second-order valence-corrected chi connectivity index (χ2v) is 12.6. The Hall–Kier alpha value is -5.24. The summed E-state index contributed by atoms with van der Waals surface area (Å²) in [5.74, 6) is -1.20. The molecule has 4 amide bonds. The standard InChI is InChI=1S/C33H34N10O4/c1-39-26(13-14-34-39)22-7-2-3-8-23(22)29(30-36-37-38-43(30)20-5-4-6-20)41-17-15-40(16-18-41)21-9-10-24-25(19-21)33(47)42(32(24)46)27-11-12-28(44)35-31(27)45/h2-3,7-10,13-14,19-20,27,29H,4-6,11-12,15-18H2,1H3,(H,35,44,45). The van der Waals surface area contributed by atoms with Crippen LogP contribution in [0.4, 0.5) is 5.69 Å². The molecule has 2 aromatic carbocycles. The molecule has 1 N–H and O–H groups in total. The van der Waals surface area contributed by atoms with Gasteiger partial charge in [-0.3, -0.25) is 39.0 Å². The first kappa shape index (κ1) is 29.2. The number of amides is 4. The van der Waals surface area contributed by atoms with Crippen LogP contribution in [-0.4, -0.2) is 95.6 Å². The largest absolute Gasteiger partial charge is 0.369 e. The number of piperidine rings is 1. The number of rotatable bonds is 7. The minimum atomic E-state index is -0.991. The van der Waals surface area contributed by atoms with Crippen LogP contribution in [0.1, 0.15) is 76.3 Å². The average molecular weight is 635 g/mol. The van der Waals surface area contributed by atoms with Crippen LogP contribution in [0.15, 0.2) is 54.7 Å². The van der Waals surface area contributed by atoms with Gasteiger partial charge in [0.1, 0.15) is 6.04 Å². The van der Waals surface area contributed by atoms with Crippen LogP contribution in [-0.2, 0) is 16.6 Å². The number of fused-ring (bicyclic) bond motifs is 1. The van der Waals surface area contributed by atoms with Crippen LogP contribution < -0.4 is 10.2 Å². The van der Waals surface area contributed by atoms with E-state index < -0.39 is 29.7 Å². The number of aromatic nitrogens is 6. The molecule has 8 rings (SSSR count). The molecule has 14 heteroatoms. The number of tetrazole rings is 1. The second kappa shape index (κ2) is 11.5. The zero-order valence-corrected chi connectivity index (χ0v) is 26.0. The maximum atomic E-state index is 13.5. The predicted octanol–water partition coefficient (Wildman–Crippen LogP) is 2.11. The van der Waals surface area contributed by atoms with E-state index in [4.69, 9.17) is 0 Å². The lowest BCUT2D eigenvalue weighted by Gasteiger charge is -2.41. The van der Waals surface area contributed by atoms with Crippen molar-refractivity contribution in [2.45, 2.75) is 50.2 Å². The first-order valence-corrected chi connectivity index (χ1v) is 16.1. The van der Waals surface area contributed by atoms with Crippen molar-refractivity contribution in [1.82, 2.24) is 45.1 Å². The molecule has 2 unspecified atom stereocenters. The summed E-state index contributed by atoms with van der Waals surface area (Å²) in [4.78, 5) is 56.4. The summed E-state index contributed by atoms with van der Waals surface area (Å²) in [6.45, 7) is 2.75. The van der Waals surface area contributed by atoms with E-state index in [1.807, 2.05) is 34.6 Å². The number of nitrogens with zero attached hydrogens (tertiary/aromatic N) is 9. The Labute approximate surface area is 270 Å². The highest BCUT2D eigenvalue weighted by Crippen LogP contribution is 2.39. The van der Waals surface area contributed by atoms with Gasteiger partial charge in [-0.2, -0.15) is 5.10 Å². The Kier molecular flexibility index (Phi) is 7.16. The highest BCUT2D eigenvalue weighted by atomic mass is 16.2. The summed E-state index contributed by atoms with van der Waals surface area (Å²) in [5, 5.41) is 19.9. The molecule has 5 heterocycles. The van der Waals surface area contributed by atoms with Gasteiger partial charge in [-0.25, -0.2) is 4.68 Å². The van der Waals surface area contributed by atoms with Crippen LogP contribution in [0.3, 0.4) is 0 Å². The third-order valence-electron chi connectivity index (χ3n) is 10.0. The molecule has 14 nitrogen and oxygen atoms in total. The Bertz CT molecular complexity index is 1900. The first-order valence-electron chi connectivity index (χ1n) is 16.1. The molecule has 1 aliphatic carbocycles. The van der Waals surface area contributed by atoms with Crippen molar-refractivity contribution in [2.75, 3.05) is 31.1 Å². The van der Waals surface area contributed by atoms with Gasteiger partial charge in [0.2, 0.25) is 11.8 Å². The van der Waals surface area contributed by atoms with Crippen molar-refractivity contribution in [1.29, 1.82) is 0 Å². The minimum Gasteiger partial charge on any atom is -0.369 e. The summed E-state index contributed by atoms with van der Waals surface area (Å²) < 4.78 is 3.89. The van der Waals surface area contributed by atoms with Gasteiger partial charge < -0.3 is 4.90 Å². The molecule has 2 saturated heterocycles. The van der Waals surface area contributed by atoms with E-state index in [0.29, 0.717) is 32.2 Å². The van der Waals surface area contributed by atoms with Crippen molar-refractivity contribution in [2.24, 2.45) is 7.05 Å². The number of aryl methyl sites for hydroxylation is 1. The van der Waals surface area contributed by atoms with E-state index in [0.717, 1.165) is 46.1 Å². The van der Waals surface area contributed by atoms with Crippen molar-refractivity contribution >= 4 is 29.3 Å². The lowest BCUT2D eigenvalue weighted by Crippen LogP contribution is -2.54. The summed E-state index contributed by atoms with van der Waals surface area (Å²) >= 11 is 0. The predicted molar refractivity (Wildman–Crippen MR) is 168 cm³/mol. The maximum Gasteiger partial charge on any atom is 0.262 e. The normalized spacial score (nSPS) is 21.2. The fraction of sp³-hybridized carbons (Fsp3) is 0.394. The zero-order valence-electron chi connectivity index (χ0n) is 26.0. The SMILES string of the molecule is Cn1nccc1-c1ccccc1C(c1nnnn1C1CCC1)N1CCN(c2ccc3c(c2)C(=O)N(C2CCC(=O)NC2=O)C3=O)CC1. The average Bonchev–Trinajstić information content (AvgIpc) is 3.76. The molecule has 3 fully saturated rings. The molecule has 47 heavy (non-hydrogen) atoms. The molecular formula is C33H34N10O4. The molecule has 1 saturated carbocycles. The van der Waals surface area contributed by atoms with E-state index in [1.54, 1.807) is 18.3 Å². The van der Waals surface area contributed by atoms with Gasteiger partial charge in [-0.15, -0.1) is 5.10 Å². The highest BCUT2D eigenvalue weighted by Gasteiger charge is 2.45. The third-order valence-corrected chi connectivity index (χ3v) is 10.0. The number of hydrogen-bond acceptors (Lipinski definition) is 10. The quantitative estimate of drug-likeness (QED) is 0.299. The number of anilines is 1. The van der Waals surface area contributed by atoms with Crippen LogP contribution in [0.5, 0.6) is 0 Å². The van der Waals surface area contributed by atoms with Gasteiger partial charge in [0.25, 0.3) is 11.8 Å². The first-order chi connectivity index (χ1) is 22.9. The molecule has 0 spiro atoms. The van der Waals surface area contributed by atoms with Gasteiger partial charge >= 0.3 is 0 Å². The zero-order chi connectivity index (χ0) is 32.2. The van der Waals surface area contributed by atoms with Crippen LogP contribution >= 0.6 is 0 Å². The van der Waals surface area contributed by atoms with E-state index in [1.165, 1.54) is 6.42 Å². The van der Waals surface area contributed by atoms with Crippen LogP contribution in [0.25, 0.3) is 11.3 Å². The molecule has 0 radical (unpaired) electrons. The van der Waals surface area contributed by atoms with Gasteiger partial charge in [-0.05, 0) is 65.9 Å². The lowest BCUT2D eigenvalue weighted by atomic mass is 9.91. The van der Waals surface area contributed by atoms with Crippen LogP contribution in [0.2, 0.25) is 0 Å². The van der Waals surface area contributed by atoms with Crippen molar-refractivity contribution in [3.05, 3.63) is 77.2 Å².